The third kappa shape index (κ3) is 6.33. The number of nitrogens with zero attached hydrogens (tertiary/aromatic N) is 2. The number of amides is 2. The molecule has 1 saturated heterocycles. The van der Waals surface area contributed by atoms with E-state index < -0.39 is 34.5 Å². The number of nitrogens with one attached hydrogen (secondary N) is 1. The molecule has 38 heavy (non-hydrogen) atoms. The van der Waals surface area contributed by atoms with Crippen LogP contribution >= 0.6 is 0 Å². The summed E-state index contributed by atoms with van der Waals surface area (Å²) >= 11 is 0. The number of fused-ring (bicyclic) bond motifs is 2. The lowest BCUT2D eigenvalue weighted by Crippen LogP contribution is -2.55. The van der Waals surface area contributed by atoms with E-state index in [4.69, 9.17) is 9.47 Å². The summed E-state index contributed by atoms with van der Waals surface area (Å²) in [5.41, 5.74) is 2.23. The van der Waals surface area contributed by atoms with Crippen molar-refractivity contribution >= 4 is 33.5 Å². The first-order chi connectivity index (χ1) is 18.1. The summed E-state index contributed by atoms with van der Waals surface area (Å²) in [6.45, 7) is 2.08. The first kappa shape index (κ1) is 27.6. The summed E-state index contributed by atoms with van der Waals surface area (Å²) in [5.74, 6) is -1.48. The Morgan fingerprint density at radius 2 is 1.68 bits per heavy atom. The molecule has 11 heteroatoms. The summed E-state index contributed by atoms with van der Waals surface area (Å²) in [4.78, 5) is 38.7. The van der Waals surface area contributed by atoms with Crippen molar-refractivity contribution < 1.29 is 32.3 Å². The van der Waals surface area contributed by atoms with Gasteiger partial charge in [0.05, 0.1) is 25.2 Å². The second-order valence-corrected chi connectivity index (χ2v) is 11.7. The van der Waals surface area contributed by atoms with Crippen LogP contribution in [-0.2, 0) is 45.9 Å². The lowest BCUT2D eigenvalue weighted by molar-refractivity contribution is -0.147. The number of benzene rings is 2. The van der Waals surface area contributed by atoms with Gasteiger partial charge in [0.1, 0.15) is 6.04 Å². The SMILES string of the molecule is CC(=O)OCC(=O)N[C@H](COCc1ccccc1)C(=O)N1CCC2(CC1)CN(S(C)(=O)=O)c1ccccc12. The molecule has 2 amide bonds. The van der Waals surface area contributed by atoms with Gasteiger partial charge in [0.2, 0.25) is 15.9 Å². The minimum absolute atomic E-state index is 0.0497. The Kier molecular flexibility index (Phi) is 8.37. The van der Waals surface area contributed by atoms with E-state index in [9.17, 15) is 22.8 Å². The van der Waals surface area contributed by atoms with Crippen LogP contribution in [0, 0.1) is 0 Å². The Labute approximate surface area is 222 Å². The van der Waals surface area contributed by atoms with E-state index in [0.29, 0.717) is 38.2 Å². The van der Waals surface area contributed by atoms with Gasteiger partial charge in [0.15, 0.2) is 6.61 Å². The number of para-hydroxylation sites is 1. The second-order valence-electron chi connectivity index (χ2n) is 9.79. The molecule has 0 saturated carbocycles. The summed E-state index contributed by atoms with van der Waals surface area (Å²) in [5, 5.41) is 2.64. The molecule has 204 valence electrons. The number of rotatable bonds is 9. The molecule has 2 heterocycles. The largest absolute Gasteiger partial charge is 0.456 e. The van der Waals surface area contributed by atoms with E-state index in [2.05, 4.69) is 5.32 Å². The van der Waals surface area contributed by atoms with E-state index in [1.54, 1.807) is 4.90 Å². The molecule has 10 nitrogen and oxygen atoms in total. The molecule has 0 aromatic heterocycles. The van der Waals surface area contributed by atoms with Gasteiger partial charge in [-0.1, -0.05) is 48.5 Å². The van der Waals surface area contributed by atoms with E-state index >= 15 is 0 Å². The van der Waals surface area contributed by atoms with Crippen LogP contribution in [0.15, 0.2) is 54.6 Å². The fraction of sp³-hybridized carbons (Fsp3) is 0.444. The Bertz CT molecular complexity index is 1270. The molecule has 1 fully saturated rings. The molecular weight excluding hydrogens is 510 g/mol. The van der Waals surface area contributed by atoms with Crippen molar-refractivity contribution in [1.29, 1.82) is 0 Å². The molecule has 0 unspecified atom stereocenters. The zero-order valence-corrected chi connectivity index (χ0v) is 22.4. The van der Waals surface area contributed by atoms with Gasteiger partial charge in [-0.3, -0.25) is 18.7 Å². The van der Waals surface area contributed by atoms with E-state index in [-0.39, 0.29) is 24.5 Å². The molecule has 0 aliphatic carbocycles. The maximum absolute atomic E-state index is 13.5. The van der Waals surface area contributed by atoms with Gasteiger partial charge in [0, 0.05) is 32.0 Å². The maximum atomic E-state index is 13.5. The molecule has 2 aromatic rings. The van der Waals surface area contributed by atoms with E-state index in [1.165, 1.54) is 17.5 Å². The first-order valence-electron chi connectivity index (χ1n) is 12.5. The highest BCUT2D eigenvalue weighted by molar-refractivity contribution is 7.92. The van der Waals surface area contributed by atoms with Gasteiger partial charge in [-0.05, 0) is 30.0 Å². The van der Waals surface area contributed by atoms with Crippen LogP contribution in [0.1, 0.15) is 30.9 Å². The second kappa shape index (κ2) is 11.5. The van der Waals surface area contributed by atoms with Crippen LogP contribution in [-0.4, -0.2) is 76.2 Å². The van der Waals surface area contributed by atoms with Gasteiger partial charge >= 0.3 is 5.97 Å². The zero-order valence-electron chi connectivity index (χ0n) is 21.6. The zero-order chi connectivity index (χ0) is 27.3. The quantitative estimate of drug-likeness (QED) is 0.477. The lowest BCUT2D eigenvalue weighted by Gasteiger charge is -2.40. The fourth-order valence-electron chi connectivity index (χ4n) is 5.13. The number of carbonyl (C=O) groups excluding carboxylic acids is 3. The minimum Gasteiger partial charge on any atom is -0.456 e. The van der Waals surface area contributed by atoms with Gasteiger partial charge < -0.3 is 19.7 Å². The summed E-state index contributed by atoms with van der Waals surface area (Å²) in [7, 11) is -3.44. The van der Waals surface area contributed by atoms with Crippen LogP contribution in [0.3, 0.4) is 0 Å². The maximum Gasteiger partial charge on any atom is 0.303 e. The van der Waals surface area contributed by atoms with Gasteiger partial charge in [-0.15, -0.1) is 0 Å². The molecule has 4 rings (SSSR count). The fourth-order valence-corrected chi connectivity index (χ4v) is 6.13. The topological polar surface area (TPSA) is 122 Å². The van der Waals surface area contributed by atoms with Crippen molar-refractivity contribution in [3.63, 3.8) is 0 Å². The molecule has 1 N–H and O–H groups in total. The number of esters is 1. The number of carbonyl (C=O) groups is 3. The first-order valence-corrected chi connectivity index (χ1v) is 14.3. The van der Waals surface area contributed by atoms with E-state index in [0.717, 1.165) is 11.1 Å². The third-order valence-electron chi connectivity index (χ3n) is 7.06. The van der Waals surface area contributed by atoms with Crippen LogP contribution in [0.5, 0.6) is 0 Å². The van der Waals surface area contributed by atoms with Crippen LogP contribution in [0.25, 0.3) is 0 Å². The predicted molar refractivity (Wildman–Crippen MR) is 141 cm³/mol. The molecular formula is C27H33N3O7S. The highest BCUT2D eigenvalue weighted by Crippen LogP contribution is 2.47. The number of likely N-dealkylation sites (tertiary alicyclic amines) is 1. The number of hydrogen-bond acceptors (Lipinski definition) is 7. The van der Waals surface area contributed by atoms with Crippen molar-refractivity contribution in [2.75, 3.05) is 43.4 Å². The molecule has 0 bridgehead atoms. The Hall–Kier alpha value is -3.44. The normalized spacial score (nSPS) is 17.1. The average Bonchev–Trinajstić information content (AvgIpc) is 3.22. The standard InChI is InChI=1S/C27H33N3O7S/c1-20(31)37-18-25(32)28-23(17-36-16-21-8-4-3-5-9-21)26(33)29-14-12-27(13-15-29)19-30(38(2,34)35)24-11-7-6-10-22(24)27/h3-11,23H,12-19H2,1-2H3,(H,28,32)/t23-/m1/s1. The number of piperidine rings is 1. The Morgan fingerprint density at radius 3 is 2.34 bits per heavy atom. The highest BCUT2D eigenvalue weighted by Gasteiger charge is 2.47. The summed E-state index contributed by atoms with van der Waals surface area (Å²) in [6.07, 6.45) is 2.38. The van der Waals surface area contributed by atoms with Crippen LogP contribution in [0.4, 0.5) is 5.69 Å². The average molecular weight is 544 g/mol. The lowest BCUT2D eigenvalue weighted by atomic mass is 9.74. The summed E-state index contributed by atoms with van der Waals surface area (Å²) in [6, 6.07) is 16.0. The minimum atomic E-state index is -3.44. The third-order valence-corrected chi connectivity index (χ3v) is 8.19. The molecule has 1 spiro atoms. The molecule has 1 atom stereocenters. The molecule has 2 aliphatic rings. The number of hydrogen-bond donors (Lipinski definition) is 1. The van der Waals surface area contributed by atoms with Crippen molar-refractivity contribution in [2.24, 2.45) is 0 Å². The van der Waals surface area contributed by atoms with Crippen molar-refractivity contribution in [2.45, 2.75) is 37.8 Å². The molecule has 2 aliphatic heterocycles. The monoisotopic (exact) mass is 543 g/mol. The predicted octanol–water partition coefficient (Wildman–Crippen LogP) is 1.59. The van der Waals surface area contributed by atoms with Gasteiger partial charge in [-0.25, -0.2) is 8.42 Å². The highest BCUT2D eigenvalue weighted by atomic mass is 32.2. The van der Waals surface area contributed by atoms with Crippen molar-refractivity contribution in [1.82, 2.24) is 10.2 Å². The molecule has 2 aromatic carbocycles. The van der Waals surface area contributed by atoms with Crippen molar-refractivity contribution in [3.05, 3.63) is 65.7 Å². The Balaban J connectivity index is 1.44. The van der Waals surface area contributed by atoms with Gasteiger partial charge in [0.25, 0.3) is 5.91 Å². The number of anilines is 1. The molecule has 0 radical (unpaired) electrons. The van der Waals surface area contributed by atoms with E-state index in [1.807, 2.05) is 54.6 Å². The van der Waals surface area contributed by atoms with Gasteiger partial charge in [-0.2, -0.15) is 0 Å². The van der Waals surface area contributed by atoms with Crippen LogP contribution in [0.2, 0.25) is 0 Å². The Morgan fingerprint density at radius 1 is 1.03 bits per heavy atom. The van der Waals surface area contributed by atoms with Crippen LogP contribution < -0.4 is 9.62 Å². The number of sulfonamides is 1. The van der Waals surface area contributed by atoms with Crippen molar-refractivity contribution in [3.8, 4) is 0 Å². The number of ether oxygens (including phenoxy) is 2. The summed E-state index contributed by atoms with van der Waals surface area (Å²) < 4.78 is 36.9. The smallest absolute Gasteiger partial charge is 0.303 e.